The van der Waals surface area contributed by atoms with Crippen molar-refractivity contribution < 1.29 is 19.7 Å². The number of likely N-dealkylation sites (N-methyl/N-ethyl adjacent to an activating group) is 1. The number of hydrogen-bond acceptors (Lipinski definition) is 6. The van der Waals surface area contributed by atoms with E-state index >= 15 is 0 Å². The fraction of sp³-hybridized carbons (Fsp3) is 0.647. The Kier molecular flexibility index (Phi) is 7.78. The summed E-state index contributed by atoms with van der Waals surface area (Å²) in [4.78, 5) is 4.24. The molecule has 1 unspecified atom stereocenters. The minimum atomic E-state index is -0.506. The smallest absolute Gasteiger partial charge is 0.119 e. The van der Waals surface area contributed by atoms with Gasteiger partial charge in [0.25, 0.3) is 0 Å². The highest BCUT2D eigenvalue weighted by Crippen LogP contribution is 2.15. The largest absolute Gasteiger partial charge is 0.491 e. The van der Waals surface area contributed by atoms with Gasteiger partial charge in [0.2, 0.25) is 0 Å². The topological polar surface area (TPSA) is 65.4 Å². The van der Waals surface area contributed by atoms with Crippen molar-refractivity contribution in [3.63, 3.8) is 0 Å². The third-order valence-corrected chi connectivity index (χ3v) is 3.85. The van der Waals surface area contributed by atoms with E-state index in [2.05, 4.69) is 4.90 Å². The molecule has 0 aliphatic carbocycles. The molecule has 0 aromatic heterocycles. The molecule has 2 N–H and O–H groups in total. The van der Waals surface area contributed by atoms with Crippen molar-refractivity contribution in [3.05, 3.63) is 29.8 Å². The highest BCUT2D eigenvalue weighted by molar-refractivity contribution is 5.28. The van der Waals surface area contributed by atoms with Gasteiger partial charge in [-0.25, -0.2) is 0 Å². The number of β-amino-alcohol motifs (C(OH)–C–C–N with tert-alkyl or cyclic N) is 1. The first-order valence-corrected chi connectivity index (χ1v) is 8.16. The van der Waals surface area contributed by atoms with Crippen LogP contribution in [0.25, 0.3) is 0 Å². The summed E-state index contributed by atoms with van der Waals surface area (Å²) in [5.74, 6) is 0.765. The van der Waals surface area contributed by atoms with E-state index < -0.39 is 6.10 Å². The van der Waals surface area contributed by atoms with Crippen molar-refractivity contribution in [1.82, 2.24) is 9.80 Å². The second-order valence-corrected chi connectivity index (χ2v) is 5.99. The molecule has 130 valence electrons. The van der Waals surface area contributed by atoms with Gasteiger partial charge in [-0.05, 0) is 24.7 Å². The first-order chi connectivity index (χ1) is 11.2. The predicted octanol–water partition coefficient (Wildman–Crippen LogP) is 0.183. The molecule has 1 aromatic rings. The first-order valence-electron chi connectivity index (χ1n) is 8.16. The van der Waals surface area contributed by atoms with Gasteiger partial charge in [0.15, 0.2) is 0 Å². The lowest BCUT2D eigenvalue weighted by Gasteiger charge is -2.28. The van der Waals surface area contributed by atoms with Gasteiger partial charge in [-0.1, -0.05) is 12.1 Å². The van der Waals surface area contributed by atoms with Gasteiger partial charge in [0.1, 0.15) is 18.5 Å². The van der Waals surface area contributed by atoms with E-state index in [1.807, 2.05) is 36.2 Å². The van der Waals surface area contributed by atoms with E-state index in [1.165, 1.54) is 0 Å². The molecular weight excluding hydrogens is 296 g/mol. The molecule has 6 heteroatoms. The molecule has 2 rings (SSSR count). The predicted molar refractivity (Wildman–Crippen MR) is 88.6 cm³/mol. The van der Waals surface area contributed by atoms with Gasteiger partial charge in [-0.15, -0.1) is 0 Å². The second kappa shape index (κ2) is 9.85. The van der Waals surface area contributed by atoms with E-state index in [9.17, 15) is 5.11 Å². The van der Waals surface area contributed by atoms with Gasteiger partial charge in [-0.2, -0.15) is 0 Å². The molecule has 0 saturated carbocycles. The Morgan fingerprint density at radius 3 is 2.87 bits per heavy atom. The summed E-state index contributed by atoms with van der Waals surface area (Å²) >= 11 is 0. The van der Waals surface area contributed by atoms with E-state index in [0.29, 0.717) is 13.1 Å². The molecule has 1 saturated heterocycles. The van der Waals surface area contributed by atoms with E-state index in [1.54, 1.807) is 0 Å². The highest BCUT2D eigenvalue weighted by atomic mass is 16.5. The molecule has 1 aromatic carbocycles. The maximum absolute atomic E-state index is 10.1. The molecule has 1 aliphatic heterocycles. The van der Waals surface area contributed by atoms with Crippen molar-refractivity contribution in [2.24, 2.45) is 0 Å². The maximum Gasteiger partial charge on any atom is 0.119 e. The summed E-state index contributed by atoms with van der Waals surface area (Å²) in [7, 11) is 1.97. The Labute approximate surface area is 138 Å². The SMILES string of the molecule is CN(CCO)Cc1cccc(OCC(O)CN2CCOCC2)c1. The van der Waals surface area contributed by atoms with Crippen LogP contribution >= 0.6 is 0 Å². The van der Waals surface area contributed by atoms with E-state index in [-0.39, 0.29) is 13.2 Å². The van der Waals surface area contributed by atoms with Crippen molar-refractivity contribution in [2.75, 3.05) is 59.7 Å². The third-order valence-electron chi connectivity index (χ3n) is 3.85. The summed E-state index contributed by atoms with van der Waals surface area (Å²) in [5, 5.41) is 19.0. The molecule has 0 amide bonds. The summed E-state index contributed by atoms with van der Waals surface area (Å²) in [6.45, 7) is 5.65. The molecule has 1 fully saturated rings. The Morgan fingerprint density at radius 1 is 1.35 bits per heavy atom. The second-order valence-electron chi connectivity index (χ2n) is 5.99. The zero-order valence-electron chi connectivity index (χ0n) is 13.9. The van der Waals surface area contributed by atoms with Crippen LogP contribution in [0.15, 0.2) is 24.3 Å². The molecule has 1 aliphatic rings. The van der Waals surface area contributed by atoms with Gasteiger partial charge in [0.05, 0.1) is 19.8 Å². The summed E-state index contributed by atoms with van der Waals surface area (Å²) in [6.07, 6.45) is -0.506. The van der Waals surface area contributed by atoms with Crippen LogP contribution in [-0.2, 0) is 11.3 Å². The van der Waals surface area contributed by atoms with Gasteiger partial charge >= 0.3 is 0 Å². The number of rotatable bonds is 9. The fourth-order valence-electron chi connectivity index (χ4n) is 2.62. The first kappa shape index (κ1) is 18.2. The van der Waals surface area contributed by atoms with Crippen LogP contribution < -0.4 is 4.74 Å². The normalized spacial score (nSPS) is 17.4. The fourth-order valence-corrected chi connectivity index (χ4v) is 2.62. The Hall–Kier alpha value is -1.18. The Balaban J connectivity index is 1.76. The minimum Gasteiger partial charge on any atom is -0.491 e. The van der Waals surface area contributed by atoms with Crippen molar-refractivity contribution in [2.45, 2.75) is 12.6 Å². The zero-order valence-corrected chi connectivity index (χ0v) is 13.9. The zero-order chi connectivity index (χ0) is 16.5. The van der Waals surface area contributed by atoms with Crippen LogP contribution in [0.4, 0.5) is 0 Å². The van der Waals surface area contributed by atoms with Crippen LogP contribution in [0.3, 0.4) is 0 Å². The number of morpholine rings is 1. The molecule has 0 radical (unpaired) electrons. The molecule has 23 heavy (non-hydrogen) atoms. The van der Waals surface area contributed by atoms with Crippen LogP contribution in [0.1, 0.15) is 5.56 Å². The number of benzene rings is 1. The molecule has 0 spiro atoms. The highest BCUT2D eigenvalue weighted by Gasteiger charge is 2.15. The quantitative estimate of drug-likeness (QED) is 0.676. The van der Waals surface area contributed by atoms with Crippen LogP contribution in [0, 0.1) is 0 Å². The number of aliphatic hydroxyl groups is 2. The van der Waals surface area contributed by atoms with Gasteiger partial charge < -0.3 is 19.7 Å². The van der Waals surface area contributed by atoms with Gasteiger partial charge in [0, 0.05) is 32.7 Å². The number of nitrogens with zero attached hydrogens (tertiary/aromatic N) is 2. The van der Waals surface area contributed by atoms with Crippen molar-refractivity contribution >= 4 is 0 Å². The van der Waals surface area contributed by atoms with Gasteiger partial charge in [-0.3, -0.25) is 9.80 Å². The lowest BCUT2D eigenvalue weighted by atomic mass is 10.2. The Morgan fingerprint density at radius 2 is 2.13 bits per heavy atom. The number of hydrogen-bond donors (Lipinski definition) is 2. The van der Waals surface area contributed by atoms with E-state index in [4.69, 9.17) is 14.6 Å². The average Bonchev–Trinajstić information content (AvgIpc) is 2.54. The average molecular weight is 324 g/mol. The molecule has 6 nitrogen and oxygen atoms in total. The maximum atomic E-state index is 10.1. The molecule has 0 bridgehead atoms. The molecule has 1 atom stereocenters. The lowest BCUT2D eigenvalue weighted by molar-refractivity contribution is 0.00464. The summed E-state index contributed by atoms with van der Waals surface area (Å²) in [6, 6.07) is 7.86. The number of ether oxygens (including phenoxy) is 2. The molecular formula is C17H28N2O4. The van der Waals surface area contributed by atoms with Crippen molar-refractivity contribution in [1.29, 1.82) is 0 Å². The molecule has 1 heterocycles. The van der Waals surface area contributed by atoms with Crippen molar-refractivity contribution in [3.8, 4) is 5.75 Å². The lowest BCUT2D eigenvalue weighted by Crippen LogP contribution is -2.42. The van der Waals surface area contributed by atoms with Crippen LogP contribution in [0.2, 0.25) is 0 Å². The number of aliphatic hydroxyl groups excluding tert-OH is 2. The Bertz CT molecular complexity index is 452. The summed E-state index contributed by atoms with van der Waals surface area (Å²) < 4.78 is 11.0. The van der Waals surface area contributed by atoms with E-state index in [0.717, 1.165) is 44.2 Å². The third kappa shape index (κ3) is 6.85. The minimum absolute atomic E-state index is 0.153. The monoisotopic (exact) mass is 324 g/mol. The standard InChI is InChI=1S/C17H28N2O4/c1-18(5-8-20)12-15-3-2-4-17(11-15)23-14-16(21)13-19-6-9-22-10-7-19/h2-4,11,16,20-21H,5-10,12-14H2,1H3. The van der Waals surface area contributed by atoms with Crippen LogP contribution in [0.5, 0.6) is 5.75 Å². The summed E-state index contributed by atoms with van der Waals surface area (Å²) in [5.41, 5.74) is 1.13. The van der Waals surface area contributed by atoms with Crippen LogP contribution in [-0.4, -0.2) is 85.8 Å².